The van der Waals surface area contributed by atoms with Crippen molar-refractivity contribution < 1.29 is 14.0 Å². The fourth-order valence-corrected chi connectivity index (χ4v) is 2.27. The normalized spacial score (nSPS) is 16.3. The number of rotatable bonds is 4. The van der Waals surface area contributed by atoms with Crippen molar-refractivity contribution in [2.45, 2.75) is 25.8 Å². The lowest BCUT2D eigenvalue weighted by Gasteiger charge is -2.21. The lowest BCUT2D eigenvalue weighted by atomic mass is 10.1. The fraction of sp³-hybridized carbons (Fsp3) is 0.429. The van der Waals surface area contributed by atoms with Crippen molar-refractivity contribution in [2.75, 3.05) is 18.8 Å². The Morgan fingerprint density at radius 1 is 1.55 bits per heavy atom. The van der Waals surface area contributed by atoms with Gasteiger partial charge in [0.05, 0.1) is 5.69 Å². The summed E-state index contributed by atoms with van der Waals surface area (Å²) in [6, 6.07) is 3.68. The maximum absolute atomic E-state index is 13.0. The molecule has 108 valence electrons. The molecule has 0 aromatic heterocycles. The molecule has 0 bridgehead atoms. The van der Waals surface area contributed by atoms with Gasteiger partial charge in [-0.2, -0.15) is 0 Å². The summed E-state index contributed by atoms with van der Waals surface area (Å²) in [5.41, 5.74) is 5.68. The second kappa shape index (κ2) is 5.90. The van der Waals surface area contributed by atoms with E-state index in [-0.39, 0.29) is 23.5 Å². The molecule has 1 atom stereocenters. The van der Waals surface area contributed by atoms with Crippen LogP contribution < -0.4 is 11.1 Å². The molecular weight excluding hydrogens is 261 g/mol. The van der Waals surface area contributed by atoms with Crippen molar-refractivity contribution in [3.8, 4) is 0 Å². The predicted octanol–water partition coefficient (Wildman–Crippen LogP) is 1.15. The molecule has 1 fully saturated rings. The molecule has 5 nitrogen and oxygen atoms in total. The average molecular weight is 279 g/mol. The number of amides is 2. The smallest absolute Gasteiger partial charge is 0.251 e. The summed E-state index contributed by atoms with van der Waals surface area (Å²) in [6.45, 7) is 3.06. The molecule has 1 unspecified atom stereocenters. The number of halogens is 1. The van der Waals surface area contributed by atoms with Gasteiger partial charge in [0, 0.05) is 31.1 Å². The Labute approximate surface area is 116 Å². The fourth-order valence-electron chi connectivity index (χ4n) is 2.27. The van der Waals surface area contributed by atoms with E-state index in [1.165, 1.54) is 18.2 Å². The van der Waals surface area contributed by atoms with Gasteiger partial charge in [-0.3, -0.25) is 9.59 Å². The Hall–Kier alpha value is -2.11. The van der Waals surface area contributed by atoms with E-state index < -0.39 is 5.82 Å². The SMILES string of the molecule is CC(CN1CCCC1=O)NC(=O)c1ccc(F)c(N)c1. The number of carbonyl (C=O) groups excluding carboxylic acids is 2. The second-order valence-corrected chi connectivity index (χ2v) is 5.05. The number of nitrogens with zero attached hydrogens (tertiary/aromatic N) is 1. The number of hydrogen-bond acceptors (Lipinski definition) is 3. The molecule has 0 aliphatic carbocycles. The van der Waals surface area contributed by atoms with Crippen LogP contribution in [0.2, 0.25) is 0 Å². The molecule has 1 heterocycles. The first-order chi connectivity index (χ1) is 9.47. The first kappa shape index (κ1) is 14.3. The third kappa shape index (κ3) is 3.26. The van der Waals surface area contributed by atoms with Gasteiger partial charge in [0.25, 0.3) is 5.91 Å². The van der Waals surface area contributed by atoms with Crippen molar-refractivity contribution in [1.29, 1.82) is 0 Å². The second-order valence-electron chi connectivity index (χ2n) is 5.05. The number of benzene rings is 1. The minimum Gasteiger partial charge on any atom is -0.396 e. The summed E-state index contributed by atoms with van der Waals surface area (Å²) in [7, 11) is 0. The maximum atomic E-state index is 13.0. The Kier molecular flexibility index (Phi) is 4.22. The summed E-state index contributed by atoms with van der Waals surface area (Å²) < 4.78 is 13.0. The van der Waals surface area contributed by atoms with Crippen LogP contribution in [0.25, 0.3) is 0 Å². The van der Waals surface area contributed by atoms with E-state index in [0.717, 1.165) is 13.0 Å². The average Bonchev–Trinajstić information content (AvgIpc) is 2.78. The van der Waals surface area contributed by atoms with E-state index in [4.69, 9.17) is 5.73 Å². The molecule has 1 aliphatic rings. The van der Waals surface area contributed by atoms with Crippen LogP contribution in [0.5, 0.6) is 0 Å². The van der Waals surface area contributed by atoms with Gasteiger partial charge in [0.15, 0.2) is 0 Å². The summed E-state index contributed by atoms with van der Waals surface area (Å²) in [5, 5.41) is 2.78. The first-order valence-corrected chi connectivity index (χ1v) is 6.61. The highest BCUT2D eigenvalue weighted by Crippen LogP contribution is 2.13. The molecule has 2 amide bonds. The molecule has 1 saturated heterocycles. The molecule has 3 N–H and O–H groups in total. The Morgan fingerprint density at radius 3 is 2.90 bits per heavy atom. The third-order valence-electron chi connectivity index (χ3n) is 3.30. The molecule has 0 saturated carbocycles. The van der Waals surface area contributed by atoms with Crippen LogP contribution in [0.1, 0.15) is 30.1 Å². The number of likely N-dealkylation sites (tertiary alicyclic amines) is 1. The third-order valence-corrected chi connectivity index (χ3v) is 3.30. The number of anilines is 1. The standard InChI is InChI=1S/C14H18FN3O2/c1-9(8-18-6-2-3-13(18)19)17-14(20)10-4-5-11(15)12(16)7-10/h4-5,7,9H,2-3,6,8,16H2,1H3,(H,17,20). The quantitative estimate of drug-likeness (QED) is 0.812. The Bertz CT molecular complexity index is 533. The summed E-state index contributed by atoms with van der Waals surface area (Å²) in [5.74, 6) is -0.745. The molecule has 2 rings (SSSR count). The molecule has 1 aromatic carbocycles. The highest BCUT2D eigenvalue weighted by atomic mass is 19.1. The van der Waals surface area contributed by atoms with Crippen LogP contribution in [-0.4, -0.2) is 35.8 Å². The van der Waals surface area contributed by atoms with Crippen molar-refractivity contribution in [2.24, 2.45) is 0 Å². The first-order valence-electron chi connectivity index (χ1n) is 6.61. The molecule has 0 spiro atoms. The van der Waals surface area contributed by atoms with Gasteiger partial charge in [-0.1, -0.05) is 0 Å². The highest BCUT2D eigenvalue weighted by Gasteiger charge is 2.22. The van der Waals surface area contributed by atoms with Gasteiger partial charge in [-0.15, -0.1) is 0 Å². The minimum absolute atomic E-state index is 0.0555. The summed E-state index contributed by atoms with van der Waals surface area (Å²) in [6.07, 6.45) is 1.45. The zero-order valence-electron chi connectivity index (χ0n) is 11.4. The van der Waals surface area contributed by atoms with Gasteiger partial charge in [-0.05, 0) is 31.5 Å². The van der Waals surface area contributed by atoms with Gasteiger partial charge >= 0.3 is 0 Å². The molecule has 0 radical (unpaired) electrons. The van der Waals surface area contributed by atoms with E-state index in [9.17, 15) is 14.0 Å². The van der Waals surface area contributed by atoms with Crippen LogP contribution in [0, 0.1) is 5.82 Å². The van der Waals surface area contributed by atoms with E-state index in [0.29, 0.717) is 18.5 Å². The van der Waals surface area contributed by atoms with Gasteiger partial charge in [0.2, 0.25) is 5.91 Å². The van der Waals surface area contributed by atoms with E-state index in [1.54, 1.807) is 4.90 Å². The van der Waals surface area contributed by atoms with Crippen molar-refractivity contribution in [3.63, 3.8) is 0 Å². The number of carbonyl (C=O) groups is 2. The maximum Gasteiger partial charge on any atom is 0.251 e. The predicted molar refractivity (Wildman–Crippen MR) is 73.6 cm³/mol. The highest BCUT2D eigenvalue weighted by molar-refractivity contribution is 5.95. The van der Waals surface area contributed by atoms with Gasteiger partial charge < -0.3 is 16.0 Å². The molecule has 1 aromatic rings. The largest absolute Gasteiger partial charge is 0.396 e. The topological polar surface area (TPSA) is 75.4 Å². The molecule has 1 aliphatic heterocycles. The van der Waals surface area contributed by atoms with Crippen LogP contribution >= 0.6 is 0 Å². The monoisotopic (exact) mass is 279 g/mol. The number of hydrogen-bond donors (Lipinski definition) is 2. The van der Waals surface area contributed by atoms with Crippen molar-refractivity contribution in [1.82, 2.24) is 10.2 Å². The number of nitrogens with two attached hydrogens (primary N) is 1. The van der Waals surface area contributed by atoms with Crippen LogP contribution in [0.3, 0.4) is 0 Å². The van der Waals surface area contributed by atoms with Crippen molar-refractivity contribution in [3.05, 3.63) is 29.6 Å². The Morgan fingerprint density at radius 2 is 2.30 bits per heavy atom. The Balaban J connectivity index is 1.93. The summed E-state index contributed by atoms with van der Waals surface area (Å²) >= 11 is 0. The van der Waals surface area contributed by atoms with Crippen molar-refractivity contribution >= 4 is 17.5 Å². The summed E-state index contributed by atoms with van der Waals surface area (Å²) in [4.78, 5) is 25.2. The lowest BCUT2D eigenvalue weighted by Crippen LogP contribution is -2.42. The van der Waals surface area contributed by atoms with Gasteiger partial charge in [0.1, 0.15) is 5.82 Å². The van der Waals surface area contributed by atoms with E-state index >= 15 is 0 Å². The van der Waals surface area contributed by atoms with Gasteiger partial charge in [-0.25, -0.2) is 4.39 Å². The zero-order valence-corrected chi connectivity index (χ0v) is 11.4. The number of nitrogen functional groups attached to an aromatic ring is 1. The van der Waals surface area contributed by atoms with E-state index in [2.05, 4.69) is 5.32 Å². The van der Waals surface area contributed by atoms with Crippen LogP contribution in [-0.2, 0) is 4.79 Å². The van der Waals surface area contributed by atoms with Crippen LogP contribution in [0.4, 0.5) is 10.1 Å². The number of nitrogens with one attached hydrogen (secondary N) is 1. The minimum atomic E-state index is -0.544. The van der Waals surface area contributed by atoms with Crippen LogP contribution in [0.15, 0.2) is 18.2 Å². The van der Waals surface area contributed by atoms with E-state index in [1.807, 2.05) is 6.92 Å². The molecular formula is C14H18FN3O2. The molecule has 20 heavy (non-hydrogen) atoms. The molecule has 6 heteroatoms. The zero-order chi connectivity index (χ0) is 14.7. The lowest BCUT2D eigenvalue weighted by molar-refractivity contribution is -0.127.